The number of ketones is 1. The van der Waals surface area contributed by atoms with Gasteiger partial charge in [0, 0.05) is 11.3 Å². The van der Waals surface area contributed by atoms with Gasteiger partial charge >= 0.3 is 6.03 Å². The summed E-state index contributed by atoms with van der Waals surface area (Å²) in [5.41, 5.74) is 0.984. The lowest BCUT2D eigenvalue weighted by Gasteiger charge is -2.23. The van der Waals surface area contributed by atoms with Gasteiger partial charge in [-0.15, -0.1) is 0 Å². The normalized spacial score (nSPS) is 18.2. The van der Waals surface area contributed by atoms with Crippen LogP contribution in [0.25, 0.3) is 0 Å². The van der Waals surface area contributed by atoms with E-state index in [9.17, 15) is 19.2 Å². The molecule has 4 amide bonds. The molecule has 156 valence electrons. The summed E-state index contributed by atoms with van der Waals surface area (Å²) in [7, 11) is 1.55. The van der Waals surface area contributed by atoms with Crippen molar-refractivity contribution in [1.29, 1.82) is 0 Å². The zero-order valence-corrected chi connectivity index (χ0v) is 17.2. The summed E-state index contributed by atoms with van der Waals surface area (Å²) < 4.78 is 5.24. The first-order valence-corrected chi connectivity index (χ1v) is 9.36. The molecule has 1 aliphatic heterocycles. The van der Waals surface area contributed by atoms with Crippen LogP contribution in [0.1, 0.15) is 35.3 Å². The molecule has 0 saturated carbocycles. The first-order valence-electron chi connectivity index (χ1n) is 9.36. The molecule has 2 aromatic carbocycles. The summed E-state index contributed by atoms with van der Waals surface area (Å²) in [5, 5.41) is 5.29. The van der Waals surface area contributed by atoms with Crippen molar-refractivity contribution in [3.05, 3.63) is 59.2 Å². The van der Waals surface area contributed by atoms with Crippen LogP contribution in [0, 0.1) is 6.92 Å². The quantitative estimate of drug-likeness (QED) is 0.564. The fourth-order valence-electron chi connectivity index (χ4n) is 3.39. The number of carbonyl (C=O) groups is 4. The second-order valence-corrected chi connectivity index (χ2v) is 7.32. The van der Waals surface area contributed by atoms with Gasteiger partial charge in [-0.25, -0.2) is 4.79 Å². The van der Waals surface area contributed by atoms with E-state index in [1.54, 1.807) is 50.4 Å². The van der Waals surface area contributed by atoms with Crippen LogP contribution in [-0.2, 0) is 15.1 Å². The van der Waals surface area contributed by atoms with Crippen molar-refractivity contribution in [3.8, 4) is 5.75 Å². The number of nitrogens with zero attached hydrogens (tertiary/aromatic N) is 1. The van der Waals surface area contributed by atoms with Crippen molar-refractivity contribution in [2.45, 2.75) is 26.3 Å². The number of Topliss-reactive ketones (excluding diaryl/α,β-unsaturated/α-hetero) is 1. The molecule has 1 heterocycles. The molecule has 1 aliphatic rings. The van der Waals surface area contributed by atoms with E-state index >= 15 is 0 Å². The molecule has 0 aliphatic carbocycles. The molecular formula is C22H23N3O5. The van der Waals surface area contributed by atoms with Crippen LogP contribution in [0.4, 0.5) is 10.5 Å². The Labute approximate surface area is 174 Å². The Morgan fingerprint density at radius 1 is 1.17 bits per heavy atom. The number of benzene rings is 2. The number of imide groups is 1. The first-order chi connectivity index (χ1) is 14.2. The van der Waals surface area contributed by atoms with Crippen molar-refractivity contribution >= 4 is 29.3 Å². The third-order valence-corrected chi connectivity index (χ3v) is 5.10. The van der Waals surface area contributed by atoms with E-state index < -0.39 is 29.9 Å². The van der Waals surface area contributed by atoms with Crippen molar-refractivity contribution in [2.24, 2.45) is 0 Å². The van der Waals surface area contributed by atoms with Gasteiger partial charge in [-0.2, -0.15) is 0 Å². The van der Waals surface area contributed by atoms with Gasteiger partial charge in [0.05, 0.1) is 7.11 Å². The molecule has 1 unspecified atom stereocenters. The SMILES string of the molecule is COc1ccc(C2(C)NC(=O)N(CC(=O)Nc3cccc(C(C)=O)c3)C2=O)cc1C. The number of amides is 4. The van der Waals surface area contributed by atoms with Gasteiger partial charge in [-0.3, -0.25) is 19.3 Å². The highest BCUT2D eigenvalue weighted by Crippen LogP contribution is 2.31. The Kier molecular flexibility index (Phi) is 5.60. The predicted octanol–water partition coefficient (Wildman–Crippen LogP) is 2.61. The molecule has 1 fully saturated rings. The van der Waals surface area contributed by atoms with Crippen LogP contribution in [0.15, 0.2) is 42.5 Å². The van der Waals surface area contributed by atoms with Crippen LogP contribution in [0.3, 0.4) is 0 Å². The van der Waals surface area contributed by atoms with E-state index in [1.807, 2.05) is 6.92 Å². The number of rotatable bonds is 6. The van der Waals surface area contributed by atoms with E-state index in [1.165, 1.54) is 13.0 Å². The molecule has 2 aromatic rings. The zero-order valence-electron chi connectivity index (χ0n) is 17.2. The third-order valence-electron chi connectivity index (χ3n) is 5.10. The van der Waals surface area contributed by atoms with Crippen LogP contribution in [-0.4, -0.2) is 42.2 Å². The number of urea groups is 1. The minimum atomic E-state index is -1.29. The Morgan fingerprint density at radius 2 is 1.90 bits per heavy atom. The molecule has 1 saturated heterocycles. The van der Waals surface area contributed by atoms with Gasteiger partial charge in [0.25, 0.3) is 5.91 Å². The largest absolute Gasteiger partial charge is 0.496 e. The molecule has 1 atom stereocenters. The number of ether oxygens (including phenoxy) is 1. The van der Waals surface area contributed by atoms with Crippen molar-refractivity contribution in [3.63, 3.8) is 0 Å². The van der Waals surface area contributed by atoms with Crippen molar-refractivity contribution < 1.29 is 23.9 Å². The summed E-state index contributed by atoms with van der Waals surface area (Å²) in [6.45, 7) is 4.42. The molecule has 0 radical (unpaired) electrons. The van der Waals surface area contributed by atoms with E-state index in [4.69, 9.17) is 4.74 Å². The highest BCUT2D eigenvalue weighted by Gasteiger charge is 2.49. The Morgan fingerprint density at radius 3 is 2.53 bits per heavy atom. The molecule has 0 aromatic heterocycles. The van der Waals surface area contributed by atoms with Gasteiger partial charge in [0.1, 0.15) is 17.8 Å². The van der Waals surface area contributed by atoms with E-state index in [0.29, 0.717) is 22.6 Å². The van der Waals surface area contributed by atoms with Crippen LogP contribution in [0.2, 0.25) is 0 Å². The monoisotopic (exact) mass is 409 g/mol. The number of hydrogen-bond acceptors (Lipinski definition) is 5. The minimum Gasteiger partial charge on any atom is -0.496 e. The Hall–Kier alpha value is -3.68. The van der Waals surface area contributed by atoms with Gasteiger partial charge in [0.2, 0.25) is 5.91 Å². The second kappa shape index (κ2) is 7.98. The van der Waals surface area contributed by atoms with Crippen LogP contribution < -0.4 is 15.4 Å². The topological polar surface area (TPSA) is 105 Å². The summed E-state index contributed by atoms with van der Waals surface area (Å²) in [4.78, 5) is 50.3. The number of nitrogens with one attached hydrogen (secondary N) is 2. The number of hydrogen-bond donors (Lipinski definition) is 2. The number of methoxy groups -OCH3 is 1. The molecule has 3 rings (SSSR count). The van der Waals surface area contributed by atoms with Gasteiger partial charge < -0.3 is 15.4 Å². The summed E-state index contributed by atoms with van der Waals surface area (Å²) in [5.74, 6) is -0.534. The first kappa shape index (κ1) is 21.0. The van der Waals surface area contributed by atoms with Gasteiger partial charge in [-0.1, -0.05) is 18.2 Å². The molecule has 30 heavy (non-hydrogen) atoms. The predicted molar refractivity (Wildman–Crippen MR) is 110 cm³/mol. The van der Waals surface area contributed by atoms with Gasteiger partial charge in [0.15, 0.2) is 5.78 Å². The molecule has 0 bridgehead atoms. The number of anilines is 1. The summed E-state index contributed by atoms with van der Waals surface area (Å²) in [6, 6.07) is 11.0. The molecule has 8 nitrogen and oxygen atoms in total. The average molecular weight is 409 g/mol. The van der Waals surface area contributed by atoms with Crippen molar-refractivity contribution in [1.82, 2.24) is 10.2 Å². The molecular weight excluding hydrogens is 386 g/mol. The lowest BCUT2D eigenvalue weighted by molar-refractivity contribution is -0.133. The fourth-order valence-corrected chi connectivity index (χ4v) is 3.39. The fraction of sp³-hybridized carbons (Fsp3) is 0.273. The third kappa shape index (κ3) is 3.89. The maximum Gasteiger partial charge on any atom is 0.325 e. The van der Waals surface area contributed by atoms with Gasteiger partial charge in [-0.05, 0) is 56.2 Å². The molecule has 0 spiro atoms. The summed E-state index contributed by atoms with van der Waals surface area (Å²) in [6.07, 6.45) is 0. The lowest BCUT2D eigenvalue weighted by Crippen LogP contribution is -2.42. The maximum atomic E-state index is 13.0. The number of carbonyl (C=O) groups excluding carboxylic acids is 4. The highest BCUT2D eigenvalue weighted by atomic mass is 16.5. The second-order valence-electron chi connectivity index (χ2n) is 7.32. The minimum absolute atomic E-state index is 0.134. The van der Waals surface area contributed by atoms with E-state index in [-0.39, 0.29) is 5.78 Å². The Balaban J connectivity index is 1.76. The van der Waals surface area contributed by atoms with E-state index in [0.717, 1.165) is 10.5 Å². The zero-order chi connectivity index (χ0) is 22.1. The summed E-state index contributed by atoms with van der Waals surface area (Å²) >= 11 is 0. The Bertz CT molecular complexity index is 1050. The molecule has 8 heteroatoms. The lowest BCUT2D eigenvalue weighted by atomic mass is 9.90. The van der Waals surface area contributed by atoms with Crippen LogP contribution >= 0.6 is 0 Å². The number of aryl methyl sites for hydroxylation is 1. The van der Waals surface area contributed by atoms with E-state index in [2.05, 4.69) is 10.6 Å². The standard InChI is InChI=1S/C22H23N3O5/c1-13-10-16(8-9-18(13)30-4)22(3)20(28)25(21(29)24-22)12-19(27)23-17-7-5-6-15(11-17)14(2)26/h5-11H,12H2,1-4H3,(H,23,27)(H,24,29). The smallest absolute Gasteiger partial charge is 0.325 e. The molecule has 2 N–H and O–H groups in total. The van der Waals surface area contributed by atoms with Crippen molar-refractivity contribution in [2.75, 3.05) is 19.0 Å². The van der Waals surface area contributed by atoms with Crippen LogP contribution in [0.5, 0.6) is 5.75 Å². The highest BCUT2D eigenvalue weighted by molar-refractivity contribution is 6.10. The maximum absolute atomic E-state index is 13.0. The average Bonchev–Trinajstić information content (AvgIpc) is 2.92.